The first-order valence-corrected chi connectivity index (χ1v) is 13.8. The first-order valence-electron chi connectivity index (χ1n) is 13.8. The standard InChI is InChI=1S/C29H44N2O7/c1-4-5-6-7-8-9-10-11-12-13-19-37-24(22-36-18-14-17-32)21-30-27-25-20-23(31(34)35)15-16-26(25)38-29(2,3)28(27)33/h14-16,20-21,27-28,30,33H,4-13,18-19,22H2,1-3H3/t27-,28+/m1/s1. The molecule has 0 bridgehead atoms. The molecule has 0 amide bonds. The third kappa shape index (κ3) is 10.5. The van der Waals surface area contributed by atoms with Gasteiger partial charge in [0.25, 0.3) is 5.69 Å². The number of aliphatic hydroxyl groups is 1. The van der Waals surface area contributed by atoms with E-state index in [9.17, 15) is 20.0 Å². The summed E-state index contributed by atoms with van der Waals surface area (Å²) in [7, 11) is 0. The highest BCUT2D eigenvalue weighted by atomic mass is 16.6. The summed E-state index contributed by atoms with van der Waals surface area (Å²) in [4.78, 5) is 21.3. The van der Waals surface area contributed by atoms with E-state index in [2.05, 4.69) is 12.2 Å². The highest BCUT2D eigenvalue weighted by molar-refractivity contribution is 5.48. The number of nitrogens with zero attached hydrogens (tertiary/aromatic N) is 1. The van der Waals surface area contributed by atoms with E-state index in [-0.39, 0.29) is 18.9 Å². The molecule has 9 heteroatoms. The van der Waals surface area contributed by atoms with Crippen molar-refractivity contribution >= 4 is 11.6 Å². The van der Waals surface area contributed by atoms with Gasteiger partial charge in [0.05, 0.1) is 24.2 Å². The number of hydrogen-bond acceptors (Lipinski definition) is 8. The average molecular weight is 533 g/mol. The number of unbranched alkanes of at least 4 members (excludes halogenated alkanes) is 9. The van der Waals surface area contributed by atoms with Crippen molar-refractivity contribution in [3.05, 3.63) is 51.9 Å². The monoisotopic (exact) mass is 532 g/mol. The second-order valence-corrected chi connectivity index (χ2v) is 10.3. The summed E-state index contributed by atoms with van der Waals surface area (Å²) < 4.78 is 17.4. The molecule has 1 heterocycles. The first-order chi connectivity index (χ1) is 18.3. The summed E-state index contributed by atoms with van der Waals surface area (Å²) in [6.07, 6.45) is 14.1. The zero-order chi connectivity index (χ0) is 27.8. The van der Waals surface area contributed by atoms with E-state index in [4.69, 9.17) is 14.2 Å². The Morgan fingerprint density at radius 3 is 2.45 bits per heavy atom. The maximum atomic E-state index is 11.3. The van der Waals surface area contributed by atoms with Crippen LogP contribution in [0.25, 0.3) is 0 Å². The SMILES string of the molecule is CCCCCCCCCCCCOC(=CN[C@@H]1c2cc([N+](=O)[O-])ccc2OC(C)(C)[C@H]1O)COCC=C=O. The fraction of sp³-hybridized carbons (Fsp3) is 0.655. The van der Waals surface area contributed by atoms with Crippen molar-refractivity contribution in [2.24, 2.45) is 0 Å². The molecular weight excluding hydrogens is 488 g/mol. The average Bonchev–Trinajstić information content (AvgIpc) is 2.89. The third-order valence-corrected chi connectivity index (χ3v) is 6.68. The quantitative estimate of drug-likeness (QED) is 0.0738. The maximum Gasteiger partial charge on any atom is 0.270 e. The molecule has 212 valence electrons. The lowest BCUT2D eigenvalue weighted by Crippen LogP contribution is -2.51. The molecule has 2 atom stereocenters. The Bertz CT molecular complexity index is 941. The summed E-state index contributed by atoms with van der Waals surface area (Å²) in [5.74, 6) is 2.65. The fourth-order valence-electron chi connectivity index (χ4n) is 4.43. The van der Waals surface area contributed by atoms with E-state index >= 15 is 0 Å². The number of fused-ring (bicyclic) bond motifs is 1. The first kappa shape index (κ1) is 31.3. The Kier molecular flexibility index (Phi) is 13.9. The summed E-state index contributed by atoms with van der Waals surface area (Å²) in [6, 6.07) is 3.68. The number of aliphatic hydroxyl groups excluding tert-OH is 1. The minimum atomic E-state index is -0.990. The van der Waals surface area contributed by atoms with Crippen LogP contribution >= 0.6 is 0 Å². The number of hydrogen-bond donors (Lipinski definition) is 2. The van der Waals surface area contributed by atoms with Crippen LogP contribution in [0.2, 0.25) is 0 Å². The van der Waals surface area contributed by atoms with E-state index < -0.39 is 22.7 Å². The van der Waals surface area contributed by atoms with Gasteiger partial charge >= 0.3 is 0 Å². The summed E-state index contributed by atoms with van der Waals surface area (Å²) >= 11 is 0. The van der Waals surface area contributed by atoms with Crippen molar-refractivity contribution in [2.75, 3.05) is 19.8 Å². The zero-order valence-corrected chi connectivity index (χ0v) is 23.1. The predicted octanol–water partition coefficient (Wildman–Crippen LogP) is 5.94. The van der Waals surface area contributed by atoms with Crippen molar-refractivity contribution in [1.29, 1.82) is 0 Å². The third-order valence-electron chi connectivity index (χ3n) is 6.68. The van der Waals surface area contributed by atoms with Crippen LogP contribution in [-0.4, -0.2) is 47.5 Å². The highest BCUT2D eigenvalue weighted by Crippen LogP contribution is 2.41. The van der Waals surface area contributed by atoms with Gasteiger partial charge in [-0.25, -0.2) is 4.79 Å². The molecule has 2 N–H and O–H groups in total. The predicted molar refractivity (Wildman–Crippen MR) is 147 cm³/mol. The van der Waals surface area contributed by atoms with Crippen LogP contribution in [0.15, 0.2) is 36.2 Å². The van der Waals surface area contributed by atoms with E-state index in [0.717, 1.165) is 12.8 Å². The molecule has 0 saturated carbocycles. The minimum Gasteiger partial charge on any atom is -0.494 e. The van der Waals surface area contributed by atoms with E-state index in [0.29, 0.717) is 23.7 Å². The Balaban J connectivity index is 1.97. The normalized spacial score (nSPS) is 18.2. The van der Waals surface area contributed by atoms with Gasteiger partial charge in [0, 0.05) is 30.0 Å². The maximum absolute atomic E-state index is 11.3. The molecule has 1 aliphatic rings. The second-order valence-electron chi connectivity index (χ2n) is 10.3. The Hall–Kier alpha value is -2.87. The van der Waals surface area contributed by atoms with Crippen LogP contribution in [0, 0.1) is 10.1 Å². The van der Waals surface area contributed by atoms with Crippen molar-refractivity contribution in [2.45, 2.75) is 103 Å². The zero-order valence-electron chi connectivity index (χ0n) is 23.1. The number of benzene rings is 1. The minimum absolute atomic E-state index is 0.0866. The summed E-state index contributed by atoms with van der Waals surface area (Å²) in [5, 5.41) is 25.5. The van der Waals surface area contributed by atoms with E-state index in [1.165, 1.54) is 69.6 Å². The van der Waals surface area contributed by atoms with Crippen LogP contribution in [0.4, 0.5) is 5.69 Å². The fourth-order valence-corrected chi connectivity index (χ4v) is 4.43. The molecule has 0 saturated heterocycles. The van der Waals surface area contributed by atoms with Gasteiger partial charge in [-0.3, -0.25) is 10.1 Å². The van der Waals surface area contributed by atoms with Crippen LogP contribution in [0.3, 0.4) is 0 Å². The molecule has 0 spiro atoms. The molecule has 9 nitrogen and oxygen atoms in total. The van der Waals surface area contributed by atoms with Gasteiger partial charge in [0.15, 0.2) is 0 Å². The number of carbonyl (C=O) groups excluding carboxylic acids is 1. The number of nitro groups is 1. The summed E-state index contributed by atoms with van der Waals surface area (Å²) in [5.41, 5.74) is -0.519. The van der Waals surface area contributed by atoms with Crippen molar-refractivity contribution in [3.8, 4) is 5.75 Å². The van der Waals surface area contributed by atoms with Crippen molar-refractivity contribution in [3.63, 3.8) is 0 Å². The molecule has 1 aromatic rings. The van der Waals surface area contributed by atoms with Gasteiger partial charge in [0.2, 0.25) is 0 Å². The molecule has 0 radical (unpaired) electrons. The molecule has 1 aliphatic heterocycles. The molecule has 0 unspecified atom stereocenters. The molecule has 38 heavy (non-hydrogen) atoms. The molecule has 1 aromatic carbocycles. The van der Waals surface area contributed by atoms with Crippen molar-refractivity contribution < 1.29 is 29.0 Å². The van der Waals surface area contributed by atoms with Gasteiger partial charge in [-0.15, -0.1) is 0 Å². The van der Waals surface area contributed by atoms with Crippen molar-refractivity contribution in [1.82, 2.24) is 5.32 Å². The van der Waals surface area contributed by atoms with Crippen LogP contribution < -0.4 is 10.1 Å². The number of non-ortho nitro benzene ring substituents is 1. The number of nitrogens with one attached hydrogen (secondary N) is 1. The topological polar surface area (TPSA) is 120 Å². The van der Waals surface area contributed by atoms with Crippen LogP contribution in [0.1, 0.15) is 96.6 Å². The van der Waals surface area contributed by atoms with E-state index in [1.807, 2.05) is 0 Å². The lowest BCUT2D eigenvalue weighted by molar-refractivity contribution is -0.385. The molecule has 0 fully saturated rings. The highest BCUT2D eigenvalue weighted by Gasteiger charge is 2.43. The molecular formula is C29H44N2O7. The van der Waals surface area contributed by atoms with E-state index in [1.54, 1.807) is 32.1 Å². The number of ether oxygens (including phenoxy) is 3. The van der Waals surface area contributed by atoms with Gasteiger partial charge in [-0.05, 0) is 26.3 Å². The molecule has 0 aliphatic carbocycles. The molecule has 2 rings (SSSR count). The van der Waals surface area contributed by atoms with Gasteiger partial charge < -0.3 is 24.6 Å². The van der Waals surface area contributed by atoms with Gasteiger partial charge in [0.1, 0.15) is 35.8 Å². The second kappa shape index (κ2) is 16.9. The Morgan fingerprint density at radius 1 is 1.16 bits per heavy atom. The molecule has 0 aromatic heterocycles. The van der Waals surface area contributed by atoms with Gasteiger partial charge in [-0.1, -0.05) is 64.7 Å². The smallest absolute Gasteiger partial charge is 0.270 e. The van der Waals surface area contributed by atoms with Crippen LogP contribution in [-0.2, 0) is 14.3 Å². The Morgan fingerprint density at radius 2 is 1.82 bits per heavy atom. The number of rotatable bonds is 19. The number of nitro benzene ring substituents is 1. The summed E-state index contributed by atoms with van der Waals surface area (Å²) in [6.45, 7) is 6.49. The largest absolute Gasteiger partial charge is 0.494 e. The Labute approximate surface area is 226 Å². The van der Waals surface area contributed by atoms with Crippen LogP contribution in [0.5, 0.6) is 5.75 Å². The van der Waals surface area contributed by atoms with Gasteiger partial charge in [-0.2, -0.15) is 0 Å². The lowest BCUT2D eigenvalue weighted by Gasteiger charge is -2.42. The lowest BCUT2D eigenvalue weighted by atomic mass is 9.86.